The number of nitrogens with zero attached hydrogens (tertiary/aromatic N) is 3. The van der Waals surface area contributed by atoms with Gasteiger partial charge in [0.05, 0.1) is 25.1 Å². The van der Waals surface area contributed by atoms with E-state index in [0.717, 1.165) is 5.56 Å². The van der Waals surface area contributed by atoms with E-state index in [1.54, 1.807) is 41.7 Å². The van der Waals surface area contributed by atoms with Crippen molar-refractivity contribution in [3.05, 3.63) is 90.0 Å². The van der Waals surface area contributed by atoms with E-state index >= 15 is 0 Å². The van der Waals surface area contributed by atoms with Gasteiger partial charge in [0.2, 0.25) is 0 Å². The summed E-state index contributed by atoms with van der Waals surface area (Å²) in [7, 11) is 1.53. The van der Waals surface area contributed by atoms with Crippen molar-refractivity contribution < 1.29 is 19.4 Å². The fourth-order valence-electron chi connectivity index (χ4n) is 3.86. The van der Waals surface area contributed by atoms with Crippen LogP contribution in [0.1, 0.15) is 23.6 Å². The second kappa shape index (κ2) is 8.87. The lowest BCUT2D eigenvalue weighted by Crippen LogP contribution is -2.31. The van der Waals surface area contributed by atoms with Crippen LogP contribution in [0, 0.1) is 0 Å². The van der Waals surface area contributed by atoms with Gasteiger partial charge in [-0.25, -0.2) is 4.98 Å². The van der Waals surface area contributed by atoms with E-state index in [4.69, 9.17) is 4.74 Å². The van der Waals surface area contributed by atoms with Gasteiger partial charge in [-0.2, -0.15) is 0 Å². The Balaban J connectivity index is 1.72. The maximum Gasteiger partial charge on any atom is 0.295 e. The number of carbonyl (C=O) groups excluding carboxylic acids is 2. The van der Waals surface area contributed by atoms with Crippen LogP contribution in [0.15, 0.2) is 78.9 Å². The largest absolute Gasteiger partial charge is 0.507 e. The number of rotatable bonds is 7. The molecule has 7 nitrogen and oxygen atoms in total. The van der Waals surface area contributed by atoms with E-state index in [-0.39, 0.29) is 11.3 Å². The maximum atomic E-state index is 13.0. The summed E-state index contributed by atoms with van der Waals surface area (Å²) in [6.07, 6.45) is 5.91. The molecule has 1 N–H and O–H groups in total. The number of ether oxygens (including phenoxy) is 1. The number of likely N-dealkylation sites (tertiary alicyclic amines) is 1. The topological polar surface area (TPSA) is 84.7 Å². The summed E-state index contributed by atoms with van der Waals surface area (Å²) in [5.41, 5.74) is 1.29. The highest BCUT2D eigenvalue weighted by Gasteiger charge is 2.45. The summed E-state index contributed by atoms with van der Waals surface area (Å²) in [6.45, 7) is 1.04. The van der Waals surface area contributed by atoms with E-state index in [1.807, 2.05) is 41.1 Å². The summed E-state index contributed by atoms with van der Waals surface area (Å²) in [5, 5.41) is 11.1. The van der Waals surface area contributed by atoms with Crippen molar-refractivity contribution in [1.82, 2.24) is 14.5 Å². The first kappa shape index (κ1) is 20.4. The third-order valence-electron chi connectivity index (χ3n) is 5.37. The minimum Gasteiger partial charge on any atom is -0.507 e. The lowest BCUT2D eigenvalue weighted by Gasteiger charge is -2.25. The molecule has 0 bridgehead atoms. The highest BCUT2D eigenvalue weighted by molar-refractivity contribution is 6.46. The van der Waals surface area contributed by atoms with Crippen molar-refractivity contribution >= 4 is 17.4 Å². The number of aliphatic hydroxyl groups is 1. The first-order valence-corrected chi connectivity index (χ1v) is 10.0. The van der Waals surface area contributed by atoms with E-state index in [2.05, 4.69) is 4.98 Å². The highest BCUT2D eigenvalue weighted by atomic mass is 16.5. The third-order valence-corrected chi connectivity index (χ3v) is 5.37. The van der Waals surface area contributed by atoms with Gasteiger partial charge in [-0.05, 0) is 24.1 Å². The van der Waals surface area contributed by atoms with Crippen molar-refractivity contribution in [2.24, 2.45) is 0 Å². The van der Waals surface area contributed by atoms with Crippen molar-refractivity contribution in [2.45, 2.75) is 19.0 Å². The first-order chi connectivity index (χ1) is 15.1. The van der Waals surface area contributed by atoms with Gasteiger partial charge < -0.3 is 19.3 Å². The van der Waals surface area contributed by atoms with E-state index < -0.39 is 17.7 Å². The van der Waals surface area contributed by atoms with E-state index in [0.29, 0.717) is 30.8 Å². The van der Waals surface area contributed by atoms with Crippen LogP contribution in [-0.2, 0) is 16.1 Å². The van der Waals surface area contributed by atoms with Gasteiger partial charge in [-0.3, -0.25) is 9.59 Å². The van der Waals surface area contributed by atoms with Crippen molar-refractivity contribution in [1.29, 1.82) is 0 Å². The Kier molecular flexibility index (Phi) is 5.84. The zero-order chi connectivity index (χ0) is 21.8. The number of aromatic nitrogens is 2. The molecule has 1 aliphatic heterocycles. The minimum absolute atomic E-state index is 0.0899. The number of Topliss-reactive ketones (excluding diaryl/α,β-unsaturated/α-hetero) is 1. The smallest absolute Gasteiger partial charge is 0.295 e. The number of ketones is 1. The first-order valence-electron chi connectivity index (χ1n) is 10.0. The SMILES string of the molecule is COc1cccc(C(O)=C2C(=O)C(=O)N(CCCn3ccnc3)C2c2ccccc2)c1. The van der Waals surface area contributed by atoms with Crippen LogP contribution < -0.4 is 4.74 Å². The van der Waals surface area contributed by atoms with Crippen molar-refractivity contribution in [3.63, 3.8) is 0 Å². The average Bonchev–Trinajstić information content (AvgIpc) is 3.41. The summed E-state index contributed by atoms with van der Waals surface area (Å²) >= 11 is 0. The van der Waals surface area contributed by atoms with Crippen molar-refractivity contribution in [3.8, 4) is 5.75 Å². The van der Waals surface area contributed by atoms with Gasteiger partial charge >= 0.3 is 0 Å². The van der Waals surface area contributed by atoms with Crippen LogP contribution in [0.5, 0.6) is 5.75 Å². The molecule has 1 aliphatic rings. The molecule has 1 saturated heterocycles. The van der Waals surface area contributed by atoms with Gasteiger partial charge in [-0.1, -0.05) is 42.5 Å². The fourth-order valence-corrected chi connectivity index (χ4v) is 3.86. The molecule has 2 heterocycles. The molecular formula is C24H23N3O4. The minimum atomic E-state index is -0.684. The van der Waals surface area contributed by atoms with Crippen LogP contribution in [0.25, 0.3) is 5.76 Å². The Labute approximate surface area is 180 Å². The number of hydrogen-bond donors (Lipinski definition) is 1. The molecule has 4 rings (SSSR count). The van der Waals surface area contributed by atoms with E-state index in [1.165, 1.54) is 7.11 Å². The number of imidazole rings is 1. The Morgan fingerprint density at radius 2 is 1.90 bits per heavy atom. The fraction of sp³-hybridized carbons (Fsp3) is 0.208. The molecule has 1 aromatic heterocycles. The molecule has 31 heavy (non-hydrogen) atoms. The summed E-state index contributed by atoms with van der Waals surface area (Å²) in [6, 6.07) is 15.4. The molecule has 1 fully saturated rings. The molecule has 0 radical (unpaired) electrons. The van der Waals surface area contributed by atoms with Gasteiger partial charge in [0.1, 0.15) is 11.5 Å². The second-order valence-corrected chi connectivity index (χ2v) is 7.29. The quantitative estimate of drug-likeness (QED) is 0.362. The summed E-state index contributed by atoms with van der Waals surface area (Å²) < 4.78 is 7.15. The van der Waals surface area contributed by atoms with Crippen molar-refractivity contribution in [2.75, 3.05) is 13.7 Å². The average molecular weight is 417 g/mol. The summed E-state index contributed by atoms with van der Waals surface area (Å²) in [5.74, 6) is -0.946. The normalized spacial score (nSPS) is 17.8. The standard InChI is InChI=1S/C24H23N3O4/c1-31-19-10-5-9-18(15-19)22(28)20-21(17-7-3-2-4-8-17)27(24(30)23(20)29)13-6-12-26-14-11-25-16-26/h2-5,7-11,14-16,21,28H,6,12-13H2,1H3. The van der Waals surface area contributed by atoms with Gasteiger partial charge in [0, 0.05) is 31.0 Å². The zero-order valence-electron chi connectivity index (χ0n) is 17.1. The van der Waals surface area contributed by atoms with Gasteiger partial charge in [-0.15, -0.1) is 0 Å². The lowest BCUT2D eigenvalue weighted by atomic mass is 9.95. The monoisotopic (exact) mass is 417 g/mol. The molecule has 1 unspecified atom stereocenters. The second-order valence-electron chi connectivity index (χ2n) is 7.29. The number of hydrogen-bond acceptors (Lipinski definition) is 5. The molecule has 158 valence electrons. The molecule has 0 aliphatic carbocycles. The van der Waals surface area contributed by atoms with Crippen LogP contribution >= 0.6 is 0 Å². The van der Waals surface area contributed by atoms with Crippen LogP contribution in [0.4, 0.5) is 0 Å². The molecule has 3 aromatic rings. The number of amides is 1. The number of aryl methyl sites for hydroxylation is 1. The predicted molar refractivity (Wildman–Crippen MR) is 115 cm³/mol. The maximum absolute atomic E-state index is 13.0. The lowest BCUT2D eigenvalue weighted by molar-refractivity contribution is -0.139. The Morgan fingerprint density at radius 1 is 1.10 bits per heavy atom. The van der Waals surface area contributed by atoms with E-state index in [9.17, 15) is 14.7 Å². The van der Waals surface area contributed by atoms with Crippen LogP contribution in [0.3, 0.4) is 0 Å². The van der Waals surface area contributed by atoms with Crippen LogP contribution in [-0.4, -0.2) is 44.9 Å². The molecular weight excluding hydrogens is 394 g/mol. The molecule has 7 heteroatoms. The molecule has 0 saturated carbocycles. The van der Waals surface area contributed by atoms with Gasteiger partial charge in [0.15, 0.2) is 0 Å². The molecule has 1 atom stereocenters. The Bertz CT molecular complexity index is 1110. The highest BCUT2D eigenvalue weighted by Crippen LogP contribution is 2.39. The molecule has 0 spiro atoms. The number of aliphatic hydroxyl groups excluding tert-OH is 1. The number of carbonyl (C=O) groups is 2. The molecule has 2 aromatic carbocycles. The number of methoxy groups -OCH3 is 1. The Morgan fingerprint density at radius 3 is 2.61 bits per heavy atom. The number of benzene rings is 2. The Hall–Kier alpha value is -3.87. The third kappa shape index (κ3) is 4.07. The van der Waals surface area contributed by atoms with Gasteiger partial charge in [0.25, 0.3) is 11.7 Å². The zero-order valence-corrected chi connectivity index (χ0v) is 17.1. The molecule has 1 amide bonds. The van der Waals surface area contributed by atoms with Crippen LogP contribution in [0.2, 0.25) is 0 Å². The predicted octanol–water partition coefficient (Wildman–Crippen LogP) is 3.40. The summed E-state index contributed by atoms with van der Waals surface area (Å²) in [4.78, 5) is 31.5.